The van der Waals surface area contributed by atoms with Gasteiger partial charge in [0.05, 0.1) is 33.0 Å². The minimum atomic E-state index is 0.550. The zero-order valence-electron chi connectivity index (χ0n) is 10.3. The fourth-order valence-corrected chi connectivity index (χ4v) is 2.22. The number of nitrogens with zero attached hydrogens (tertiary/aromatic N) is 3. The fourth-order valence-electron chi connectivity index (χ4n) is 1.94. The Labute approximate surface area is 113 Å². The van der Waals surface area contributed by atoms with Gasteiger partial charge < -0.3 is 19.3 Å². The van der Waals surface area contributed by atoms with Gasteiger partial charge in [0, 0.05) is 32.4 Å². The van der Waals surface area contributed by atoms with Crippen molar-refractivity contribution in [2.75, 3.05) is 52.6 Å². The van der Waals surface area contributed by atoms with Gasteiger partial charge in [-0.1, -0.05) is 12.2 Å². The third kappa shape index (κ3) is 3.42. The maximum Gasteiger partial charge on any atom is 0.235 e. The molecule has 2 heterocycles. The number of hydrogen-bond acceptors (Lipinski definition) is 4. The Morgan fingerprint density at radius 1 is 1.06 bits per heavy atom. The normalized spacial score (nSPS) is 21.6. The number of morpholine rings is 2. The second-order valence-corrected chi connectivity index (χ2v) is 4.57. The van der Waals surface area contributed by atoms with Crippen LogP contribution in [0.15, 0.2) is 11.9 Å². The van der Waals surface area contributed by atoms with E-state index < -0.39 is 0 Å². The Morgan fingerprint density at radius 3 is 2.17 bits per heavy atom. The quantitative estimate of drug-likeness (QED) is 0.418. The summed E-state index contributed by atoms with van der Waals surface area (Å²) < 4.78 is 10.6. The summed E-state index contributed by atoms with van der Waals surface area (Å²) in [5.74, 6) is 0. The monoisotopic (exact) mass is 267 g/mol. The molecule has 0 atom stereocenters. The molecular weight excluding hydrogens is 250 g/mol. The molecular formula is C12H17N3O2S. The van der Waals surface area contributed by atoms with Crippen LogP contribution in [0.1, 0.15) is 0 Å². The van der Waals surface area contributed by atoms with E-state index in [0.29, 0.717) is 37.1 Å². The molecule has 2 aliphatic heterocycles. The van der Waals surface area contributed by atoms with E-state index in [1.807, 2.05) is 11.1 Å². The lowest BCUT2D eigenvalue weighted by Crippen LogP contribution is -2.41. The van der Waals surface area contributed by atoms with Gasteiger partial charge in [0.25, 0.3) is 0 Å². The second kappa shape index (κ2) is 6.69. The van der Waals surface area contributed by atoms with Crippen LogP contribution in [0.3, 0.4) is 0 Å². The van der Waals surface area contributed by atoms with Gasteiger partial charge in [-0.2, -0.15) is 0 Å². The van der Waals surface area contributed by atoms with Crippen molar-refractivity contribution in [3.63, 3.8) is 0 Å². The molecule has 0 aromatic carbocycles. The molecule has 6 heteroatoms. The molecule has 2 saturated heterocycles. The molecule has 98 valence electrons. The number of ether oxygens (including phenoxy) is 2. The molecule has 2 fully saturated rings. The van der Waals surface area contributed by atoms with Gasteiger partial charge in [0.1, 0.15) is 4.99 Å². The average Bonchev–Trinajstić information content (AvgIpc) is 2.46. The van der Waals surface area contributed by atoms with Crippen molar-refractivity contribution in [1.82, 2.24) is 9.80 Å². The summed E-state index contributed by atoms with van der Waals surface area (Å²) in [6.45, 7) is 13.3. The van der Waals surface area contributed by atoms with Gasteiger partial charge >= 0.3 is 0 Å². The van der Waals surface area contributed by atoms with E-state index in [4.69, 9.17) is 28.3 Å². The lowest BCUT2D eigenvalue weighted by atomic mass is 10.3. The summed E-state index contributed by atoms with van der Waals surface area (Å²) in [5.41, 5.74) is 0.550. The first-order valence-corrected chi connectivity index (χ1v) is 6.50. The fraction of sp³-hybridized carbons (Fsp3) is 0.667. The molecule has 0 radical (unpaired) electrons. The smallest absolute Gasteiger partial charge is 0.235 e. The van der Waals surface area contributed by atoms with Crippen LogP contribution in [0, 0.1) is 6.57 Å². The van der Waals surface area contributed by atoms with Crippen LogP contribution < -0.4 is 0 Å². The third-order valence-corrected chi connectivity index (χ3v) is 3.46. The average molecular weight is 267 g/mol. The van der Waals surface area contributed by atoms with Crippen molar-refractivity contribution < 1.29 is 9.47 Å². The Balaban J connectivity index is 2.00. The summed E-state index contributed by atoms with van der Waals surface area (Å²) in [4.78, 5) is 8.35. The summed E-state index contributed by atoms with van der Waals surface area (Å²) in [5, 5.41) is 0. The standard InChI is InChI=1S/C12H17N3O2S/c1-13-11(10-14-2-6-16-7-3-14)12(18)15-4-8-17-9-5-15/h10H,2-9H2/b11-10-. The highest BCUT2D eigenvalue weighted by atomic mass is 32.1. The summed E-state index contributed by atoms with van der Waals surface area (Å²) >= 11 is 5.39. The van der Waals surface area contributed by atoms with Gasteiger partial charge in [0.15, 0.2) is 0 Å². The lowest BCUT2D eigenvalue weighted by molar-refractivity contribution is 0.0589. The predicted octanol–water partition coefficient (Wildman–Crippen LogP) is 0.739. The molecule has 0 aromatic rings. The Kier molecular flexibility index (Phi) is 4.93. The van der Waals surface area contributed by atoms with Gasteiger partial charge in [0.2, 0.25) is 5.70 Å². The number of thiocarbonyl (C=S) groups is 1. The molecule has 0 saturated carbocycles. The molecule has 18 heavy (non-hydrogen) atoms. The van der Waals surface area contributed by atoms with E-state index in [0.717, 1.165) is 26.2 Å². The summed E-state index contributed by atoms with van der Waals surface area (Å²) in [6.07, 6.45) is 1.87. The van der Waals surface area contributed by atoms with E-state index in [9.17, 15) is 0 Å². The zero-order valence-corrected chi connectivity index (χ0v) is 11.1. The topological polar surface area (TPSA) is 29.3 Å². The van der Waals surface area contributed by atoms with Crippen LogP contribution >= 0.6 is 12.2 Å². The van der Waals surface area contributed by atoms with E-state index in [1.54, 1.807) is 0 Å². The Morgan fingerprint density at radius 2 is 1.61 bits per heavy atom. The van der Waals surface area contributed by atoms with E-state index in [2.05, 4.69) is 9.74 Å². The van der Waals surface area contributed by atoms with Crippen molar-refractivity contribution in [3.05, 3.63) is 23.3 Å². The van der Waals surface area contributed by atoms with Crippen molar-refractivity contribution in [1.29, 1.82) is 0 Å². The highest BCUT2D eigenvalue weighted by molar-refractivity contribution is 7.80. The second-order valence-electron chi connectivity index (χ2n) is 4.18. The van der Waals surface area contributed by atoms with Crippen LogP contribution in [0.5, 0.6) is 0 Å². The molecule has 0 N–H and O–H groups in total. The van der Waals surface area contributed by atoms with Crippen LogP contribution in [-0.2, 0) is 9.47 Å². The molecule has 0 bridgehead atoms. The van der Waals surface area contributed by atoms with Gasteiger partial charge in [-0.15, -0.1) is 0 Å². The lowest BCUT2D eigenvalue weighted by Gasteiger charge is -2.30. The van der Waals surface area contributed by atoms with E-state index >= 15 is 0 Å². The number of hydrogen-bond donors (Lipinski definition) is 0. The Bertz CT molecular complexity index is 366. The number of rotatable bonds is 2. The maximum absolute atomic E-state index is 7.28. The van der Waals surface area contributed by atoms with Crippen molar-refractivity contribution in [2.24, 2.45) is 0 Å². The zero-order chi connectivity index (χ0) is 12.8. The highest BCUT2D eigenvalue weighted by Gasteiger charge is 2.18. The summed E-state index contributed by atoms with van der Waals surface area (Å²) in [7, 11) is 0. The molecule has 2 rings (SSSR count). The van der Waals surface area contributed by atoms with Gasteiger partial charge in [-0.25, -0.2) is 4.85 Å². The summed E-state index contributed by atoms with van der Waals surface area (Å²) in [6, 6.07) is 0. The third-order valence-electron chi connectivity index (χ3n) is 2.99. The van der Waals surface area contributed by atoms with Crippen LogP contribution in [-0.4, -0.2) is 67.4 Å². The minimum Gasteiger partial charge on any atom is -0.382 e. The van der Waals surface area contributed by atoms with Crippen LogP contribution in [0.2, 0.25) is 0 Å². The molecule has 2 aliphatic rings. The molecule has 0 amide bonds. The maximum atomic E-state index is 7.28. The first-order valence-electron chi connectivity index (χ1n) is 6.09. The molecule has 0 spiro atoms. The van der Waals surface area contributed by atoms with Gasteiger partial charge in [-0.05, 0) is 0 Å². The first-order chi connectivity index (χ1) is 8.81. The Hall–Kier alpha value is -1.16. The minimum absolute atomic E-state index is 0.550. The molecule has 0 aliphatic carbocycles. The van der Waals surface area contributed by atoms with Crippen molar-refractivity contribution in [2.45, 2.75) is 0 Å². The molecule has 0 aromatic heterocycles. The molecule has 5 nitrogen and oxygen atoms in total. The largest absolute Gasteiger partial charge is 0.382 e. The van der Waals surface area contributed by atoms with Crippen molar-refractivity contribution >= 4 is 17.2 Å². The SMILES string of the molecule is [C-]#[N+]/C(=C\N1CCOCC1)C(=S)N1CCOCC1. The first kappa shape index (κ1) is 13.3. The predicted molar refractivity (Wildman–Crippen MR) is 72.1 cm³/mol. The highest BCUT2D eigenvalue weighted by Crippen LogP contribution is 2.11. The van der Waals surface area contributed by atoms with E-state index in [1.165, 1.54) is 0 Å². The van der Waals surface area contributed by atoms with Crippen molar-refractivity contribution in [3.8, 4) is 0 Å². The van der Waals surface area contributed by atoms with Crippen LogP contribution in [0.25, 0.3) is 4.85 Å². The molecule has 0 unspecified atom stereocenters. The van der Waals surface area contributed by atoms with E-state index in [-0.39, 0.29) is 0 Å². The van der Waals surface area contributed by atoms with Crippen LogP contribution in [0.4, 0.5) is 0 Å². The van der Waals surface area contributed by atoms with Gasteiger partial charge in [-0.3, -0.25) is 0 Å².